The Morgan fingerprint density at radius 1 is 1.28 bits per heavy atom. The minimum absolute atomic E-state index is 0.0365. The molecule has 1 fully saturated rings. The van der Waals surface area contributed by atoms with Crippen LogP contribution in [0.5, 0.6) is 0 Å². The molecule has 0 aromatic heterocycles. The Balaban J connectivity index is 2.11. The van der Waals surface area contributed by atoms with Crippen LogP contribution in [0, 0.1) is 0 Å². The number of likely N-dealkylation sites (tertiary alicyclic amines) is 1. The number of methoxy groups -OCH3 is 1. The van der Waals surface area contributed by atoms with Crippen LogP contribution in [0.4, 0.5) is 5.69 Å². The summed E-state index contributed by atoms with van der Waals surface area (Å²) in [6, 6.07) is 6.12. The van der Waals surface area contributed by atoms with E-state index in [0.29, 0.717) is 30.8 Å². The van der Waals surface area contributed by atoms with Gasteiger partial charge in [-0.1, -0.05) is 6.07 Å². The summed E-state index contributed by atoms with van der Waals surface area (Å²) in [4.78, 5) is 38.1. The van der Waals surface area contributed by atoms with Crippen molar-refractivity contribution in [3.05, 3.63) is 29.8 Å². The molecule has 0 unspecified atom stereocenters. The van der Waals surface area contributed by atoms with Crippen molar-refractivity contribution in [3.63, 3.8) is 0 Å². The Hall–Kier alpha value is -2.41. The van der Waals surface area contributed by atoms with E-state index in [9.17, 15) is 14.4 Å². The van der Waals surface area contributed by atoms with Gasteiger partial charge in [0.25, 0.3) is 5.91 Å². The lowest BCUT2D eigenvalue weighted by Crippen LogP contribution is -2.48. The molecule has 1 saturated heterocycles. The summed E-state index contributed by atoms with van der Waals surface area (Å²) in [6.45, 7) is 2.74. The Bertz CT molecular complexity index is 632. The summed E-state index contributed by atoms with van der Waals surface area (Å²) in [6.07, 6.45) is 2.34. The standard InChI is InChI=1S/C18H24N2O5/c1-3-25-12-16(21)19-14-8-6-7-13(11-14)17(22)20-10-5-4-9-15(20)18(23)24-2/h6-8,11,15H,3-5,9-10,12H2,1-2H3,(H,19,21)/t15-/m1/s1. The zero-order valence-electron chi connectivity index (χ0n) is 14.6. The van der Waals surface area contributed by atoms with Crippen LogP contribution in [0.3, 0.4) is 0 Å². The SMILES string of the molecule is CCOCC(=O)Nc1cccc(C(=O)N2CCCC[C@@H]2C(=O)OC)c1. The van der Waals surface area contributed by atoms with E-state index < -0.39 is 12.0 Å². The molecule has 2 rings (SSSR count). The van der Waals surface area contributed by atoms with Crippen LogP contribution in [-0.2, 0) is 19.1 Å². The van der Waals surface area contributed by atoms with Crippen LogP contribution < -0.4 is 5.32 Å². The highest BCUT2D eigenvalue weighted by Crippen LogP contribution is 2.22. The number of carbonyl (C=O) groups is 3. The maximum Gasteiger partial charge on any atom is 0.328 e. The molecular formula is C18H24N2O5. The third-order valence-electron chi connectivity index (χ3n) is 4.07. The van der Waals surface area contributed by atoms with Crippen molar-refractivity contribution in [1.29, 1.82) is 0 Å². The summed E-state index contributed by atoms with van der Waals surface area (Å²) in [5.41, 5.74) is 0.937. The Morgan fingerprint density at radius 2 is 2.08 bits per heavy atom. The van der Waals surface area contributed by atoms with Crippen LogP contribution >= 0.6 is 0 Å². The topological polar surface area (TPSA) is 84.9 Å². The van der Waals surface area contributed by atoms with Gasteiger partial charge >= 0.3 is 5.97 Å². The highest BCUT2D eigenvalue weighted by Gasteiger charge is 2.33. The third-order valence-corrected chi connectivity index (χ3v) is 4.07. The first-order valence-corrected chi connectivity index (χ1v) is 8.43. The number of nitrogens with one attached hydrogen (secondary N) is 1. The van der Waals surface area contributed by atoms with E-state index >= 15 is 0 Å². The molecule has 7 nitrogen and oxygen atoms in total. The molecule has 0 bridgehead atoms. The van der Waals surface area contributed by atoms with E-state index in [4.69, 9.17) is 9.47 Å². The predicted octanol–water partition coefficient (Wildman–Crippen LogP) is 1.83. The maximum absolute atomic E-state index is 12.8. The van der Waals surface area contributed by atoms with E-state index in [-0.39, 0.29) is 18.4 Å². The summed E-state index contributed by atoms with van der Waals surface area (Å²) >= 11 is 0. The molecule has 7 heteroatoms. The number of ether oxygens (including phenoxy) is 2. The van der Waals surface area contributed by atoms with Crippen LogP contribution in [-0.4, -0.2) is 55.6 Å². The molecule has 1 aliphatic heterocycles. The molecule has 0 aliphatic carbocycles. The van der Waals surface area contributed by atoms with Crippen molar-refractivity contribution in [2.45, 2.75) is 32.2 Å². The second kappa shape index (κ2) is 9.17. The number of nitrogens with zero attached hydrogens (tertiary/aromatic N) is 1. The number of piperidine rings is 1. The number of esters is 1. The Morgan fingerprint density at radius 3 is 2.80 bits per heavy atom. The van der Waals surface area contributed by atoms with Gasteiger partial charge in [-0.3, -0.25) is 9.59 Å². The molecule has 1 atom stereocenters. The molecule has 136 valence electrons. The summed E-state index contributed by atoms with van der Waals surface area (Å²) in [5.74, 6) is -0.915. The first-order chi connectivity index (χ1) is 12.1. The van der Waals surface area contributed by atoms with Crippen molar-refractivity contribution in [2.24, 2.45) is 0 Å². The van der Waals surface area contributed by atoms with Gasteiger partial charge < -0.3 is 19.7 Å². The Kier molecular flexibility index (Phi) is 6.94. The number of hydrogen-bond donors (Lipinski definition) is 1. The summed E-state index contributed by atoms with van der Waals surface area (Å²) in [5, 5.41) is 2.69. The lowest BCUT2D eigenvalue weighted by Gasteiger charge is -2.33. The lowest BCUT2D eigenvalue weighted by molar-refractivity contribution is -0.147. The van der Waals surface area contributed by atoms with E-state index in [1.807, 2.05) is 6.92 Å². The quantitative estimate of drug-likeness (QED) is 0.793. The van der Waals surface area contributed by atoms with E-state index in [2.05, 4.69) is 5.32 Å². The maximum atomic E-state index is 12.8. The van der Waals surface area contributed by atoms with Gasteiger partial charge in [0.15, 0.2) is 0 Å². The fourth-order valence-corrected chi connectivity index (χ4v) is 2.84. The lowest BCUT2D eigenvalue weighted by atomic mass is 10.0. The van der Waals surface area contributed by atoms with Crippen molar-refractivity contribution < 1.29 is 23.9 Å². The highest BCUT2D eigenvalue weighted by atomic mass is 16.5. The van der Waals surface area contributed by atoms with Crippen LogP contribution in [0.1, 0.15) is 36.5 Å². The fraction of sp³-hybridized carbons (Fsp3) is 0.500. The second-order valence-electron chi connectivity index (χ2n) is 5.80. The number of anilines is 1. The van der Waals surface area contributed by atoms with Crippen LogP contribution in [0.25, 0.3) is 0 Å². The second-order valence-corrected chi connectivity index (χ2v) is 5.80. The molecular weight excluding hydrogens is 324 g/mol. The van der Waals surface area contributed by atoms with E-state index in [1.54, 1.807) is 29.2 Å². The zero-order chi connectivity index (χ0) is 18.2. The van der Waals surface area contributed by atoms with Gasteiger partial charge in [-0.15, -0.1) is 0 Å². The first kappa shape index (κ1) is 18.9. The number of rotatable bonds is 6. The van der Waals surface area contributed by atoms with Crippen molar-refractivity contribution in [1.82, 2.24) is 4.90 Å². The van der Waals surface area contributed by atoms with Crippen LogP contribution in [0.15, 0.2) is 24.3 Å². The molecule has 2 amide bonds. The molecule has 1 heterocycles. The number of hydrogen-bond acceptors (Lipinski definition) is 5. The van der Waals surface area contributed by atoms with Crippen molar-refractivity contribution in [2.75, 3.05) is 32.2 Å². The average Bonchev–Trinajstić information content (AvgIpc) is 2.65. The Labute approximate surface area is 147 Å². The van der Waals surface area contributed by atoms with E-state index in [1.165, 1.54) is 7.11 Å². The highest BCUT2D eigenvalue weighted by molar-refractivity contribution is 5.99. The minimum Gasteiger partial charge on any atom is -0.467 e. The smallest absolute Gasteiger partial charge is 0.328 e. The van der Waals surface area contributed by atoms with Gasteiger partial charge in [0, 0.05) is 24.4 Å². The van der Waals surface area contributed by atoms with Gasteiger partial charge in [0.1, 0.15) is 12.6 Å². The number of carbonyl (C=O) groups excluding carboxylic acids is 3. The molecule has 1 N–H and O–H groups in total. The third kappa shape index (κ3) is 5.03. The van der Waals surface area contributed by atoms with Crippen molar-refractivity contribution >= 4 is 23.5 Å². The largest absolute Gasteiger partial charge is 0.467 e. The monoisotopic (exact) mass is 348 g/mol. The van der Waals surface area contributed by atoms with Crippen molar-refractivity contribution in [3.8, 4) is 0 Å². The number of benzene rings is 1. The van der Waals surface area contributed by atoms with E-state index in [0.717, 1.165) is 12.8 Å². The summed E-state index contributed by atoms with van der Waals surface area (Å²) in [7, 11) is 1.33. The van der Waals surface area contributed by atoms with Gasteiger partial charge in [-0.25, -0.2) is 4.79 Å². The molecule has 1 aromatic rings. The zero-order valence-corrected chi connectivity index (χ0v) is 14.6. The van der Waals surface area contributed by atoms with Gasteiger partial charge in [0.05, 0.1) is 7.11 Å². The molecule has 0 spiro atoms. The molecule has 0 radical (unpaired) electrons. The van der Waals surface area contributed by atoms with Gasteiger partial charge in [-0.2, -0.15) is 0 Å². The van der Waals surface area contributed by atoms with Gasteiger partial charge in [0.2, 0.25) is 5.91 Å². The average molecular weight is 348 g/mol. The normalized spacial score (nSPS) is 17.0. The fourth-order valence-electron chi connectivity index (χ4n) is 2.84. The predicted molar refractivity (Wildman–Crippen MR) is 92.3 cm³/mol. The minimum atomic E-state index is -0.553. The van der Waals surface area contributed by atoms with Crippen LogP contribution in [0.2, 0.25) is 0 Å². The molecule has 0 saturated carbocycles. The molecule has 1 aliphatic rings. The first-order valence-electron chi connectivity index (χ1n) is 8.43. The molecule has 1 aromatic carbocycles. The summed E-state index contributed by atoms with van der Waals surface area (Å²) < 4.78 is 9.87. The number of amides is 2. The van der Waals surface area contributed by atoms with Gasteiger partial charge in [-0.05, 0) is 44.4 Å². The molecule has 25 heavy (non-hydrogen) atoms.